The molecule has 1 fully saturated rings. The lowest BCUT2D eigenvalue weighted by atomic mass is 9.89. The van der Waals surface area contributed by atoms with Gasteiger partial charge in [-0.3, -0.25) is 4.79 Å². The van der Waals surface area contributed by atoms with E-state index in [9.17, 15) is 9.59 Å². The number of hydrogen-bond acceptors (Lipinski definition) is 3. The predicted octanol–water partition coefficient (Wildman–Crippen LogP) is 1.45. The van der Waals surface area contributed by atoms with Crippen molar-refractivity contribution in [2.75, 3.05) is 46.1 Å². The Balaban J connectivity index is 2.18. The van der Waals surface area contributed by atoms with E-state index in [-0.39, 0.29) is 18.5 Å². The number of benzene rings is 1. The molecule has 1 N–H and O–H groups in total. The van der Waals surface area contributed by atoms with Gasteiger partial charge in [-0.25, -0.2) is 4.79 Å². The third-order valence-electron chi connectivity index (χ3n) is 5.20. The van der Waals surface area contributed by atoms with E-state index in [1.807, 2.05) is 20.0 Å². The van der Waals surface area contributed by atoms with Crippen LogP contribution in [-0.2, 0) is 4.79 Å². The zero-order valence-corrected chi connectivity index (χ0v) is 18.1. The van der Waals surface area contributed by atoms with E-state index < -0.39 is 0 Å². The van der Waals surface area contributed by atoms with Gasteiger partial charge in [0.25, 0.3) is 0 Å². The quantitative estimate of drug-likeness (QED) is 0.782. The summed E-state index contributed by atoms with van der Waals surface area (Å²) < 4.78 is 0. The lowest BCUT2D eigenvalue weighted by molar-refractivity contribution is -0.129. The Morgan fingerprint density at radius 3 is 2.39 bits per heavy atom. The fraction of sp³-hybridized carbons (Fsp3) is 0.524. The van der Waals surface area contributed by atoms with E-state index >= 15 is 0 Å². The maximum Gasteiger partial charge on any atom is 0.322 e. The zero-order chi connectivity index (χ0) is 21.0. The molecule has 1 aliphatic heterocycles. The highest BCUT2D eigenvalue weighted by atomic mass is 16.2. The fourth-order valence-electron chi connectivity index (χ4n) is 3.69. The number of nitrogens with one attached hydrogen (secondary N) is 1. The first kappa shape index (κ1) is 21.9. The average Bonchev–Trinajstić information content (AvgIpc) is 2.61. The molecule has 1 saturated heterocycles. The number of rotatable bonds is 5. The van der Waals surface area contributed by atoms with Gasteiger partial charge in [0, 0.05) is 45.5 Å². The smallest absolute Gasteiger partial charge is 0.322 e. The number of piperidine rings is 1. The molecule has 0 radical (unpaired) electrons. The highest BCUT2D eigenvalue weighted by Crippen LogP contribution is 2.30. The first-order chi connectivity index (χ1) is 13.1. The molecule has 2 atom stereocenters. The number of carbonyl (C=O) groups excluding carboxylic acids is 2. The van der Waals surface area contributed by atoms with Crippen molar-refractivity contribution >= 4 is 36.6 Å². The standard InChI is InChI=1S/C21H33BN4O2/c1-14-9-15(2)12-26(11-14)16(3)18-10-17(22)7-8-19(18)23-21(28)25(6)13-20(27)24(4)5/h7-8,10,14-15H,3,9,11-13,22H2,1-2,4-6H3,(H,23,28)/t14-,15+. The molecule has 1 aromatic rings. The van der Waals surface area contributed by atoms with Gasteiger partial charge in [0.15, 0.2) is 0 Å². The number of likely N-dealkylation sites (tertiary alicyclic amines) is 1. The first-order valence-electron chi connectivity index (χ1n) is 9.85. The molecule has 0 unspecified atom stereocenters. The topological polar surface area (TPSA) is 55.9 Å². The molecule has 28 heavy (non-hydrogen) atoms. The van der Waals surface area contributed by atoms with E-state index in [4.69, 9.17) is 0 Å². The monoisotopic (exact) mass is 384 g/mol. The van der Waals surface area contributed by atoms with Crippen molar-refractivity contribution in [2.24, 2.45) is 11.8 Å². The number of amides is 3. The largest absolute Gasteiger partial charge is 0.371 e. The Labute approximate surface area is 170 Å². The van der Waals surface area contributed by atoms with Crippen LogP contribution < -0.4 is 10.8 Å². The second kappa shape index (κ2) is 9.17. The van der Waals surface area contributed by atoms with Crippen LogP contribution in [0.4, 0.5) is 10.5 Å². The molecular weight excluding hydrogens is 351 g/mol. The molecule has 6 nitrogen and oxygen atoms in total. The van der Waals surface area contributed by atoms with E-state index in [0.717, 1.165) is 35.5 Å². The SMILES string of the molecule is Bc1ccc(NC(=O)N(C)CC(=O)N(C)C)c(C(=C)N2C[C@H](C)C[C@H](C)C2)c1. The Morgan fingerprint density at radius 2 is 1.82 bits per heavy atom. The predicted molar refractivity (Wildman–Crippen MR) is 119 cm³/mol. The summed E-state index contributed by atoms with van der Waals surface area (Å²) in [6.07, 6.45) is 1.23. The summed E-state index contributed by atoms with van der Waals surface area (Å²) in [6.45, 7) is 10.9. The number of urea groups is 1. The van der Waals surface area contributed by atoms with Crippen molar-refractivity contribution in [1.29, 1.82) is 0 Å². The van der Waals surface area contributed by atoms with Crippen LogP contribution in [0.5, 0.6) is 0 Å². The highest BCUT2D eigenvalue weighted by Gasteiger charge is 2.25. The maximum absolute atomic E-state index is 12.6. The highest BCUT2D eigenvalue weighted by molar-refractivity contribution is 6.32. The summed E-state index contributed by atoms with van der Waals surface area (Å²) in [4.78, 5) is 29.7. The molecule has 0 spiro atoms. The Morgan fingerprint density at radius 1 is 1.21 bits per heavy atom. The van der Waals surface area contributed by atoms with Crippen LogP contribution in [0.15, 0.2) is 24.8 Å². The summed E-state index contributed by atoms with van der Waals surface area (Å²) >= 11 is 0. The molecule has 0 saturated carbocycles. The van der Waals surface area contributed by atoms with Crippen LogP contribution in [0.2, 0.25) is 0 Å². The van der Waals surface area contributed by atoms with Gasteiger partial charge >= 0.3 is 6.03 Å². The molecule has 1 aromatic carbocycles. The normalized spacial score (nSPS) is 19.1. The summed E-state index contributed by atoms with van der Waals surface area (Å²) in [5.41, 5.74) is 3.70. The number of hydrogen-bond donors (Lipinski definition) is 1. The van der Waals surface area contributed by atoms with Crippen LogP contribution in [-0.4, -0.2) is 75.3 Å². The molecular formula is C21H33BN4O2. The number of anilines is 1. The lowest BCUT2D eigenvalue weighted by Gasteiger charge is -2.38. The molecule has 0 aliphatic carbocycles. The van der Waals surface area contributed by atoms with Gasteiger partial charge < -0.3 is 20.0 Å². The number of likely N-dealkylation sites (N-methyl/N-ethyl adjacent to an activating group) is 2. The molecule has 1 aliphatic rings. The fourth-order valence-corrected chi connectivity index (χ4v) is 3.69. The maximum atomic E-state index is 12.6. The molecule has 152 valence electrons. The molecule has 0 aromatic heterocycles. The van der Waals surface area contributed by atoms with Crippen molar-refractivity contribution in [1.82, 2.24) is 14.7 Å². The second-order valence-electron chi connectivity index (χ2n) is 8.42. The lowest BCUT2D eigenvalue weighted by Crippen LogP contribution is -2.40. The van der Waals surface area contributed by atoms with Gasteiger partial charge in [0.05, 0.1) is 5.69 Å². The molecule has 1 heterocycles. The third kappa shape index (κ3) is 5.53. The first-order valence-corrected chi connectivity index (χ1v) is 9.85. The van der Waals surface area contributed by atoms with Gasteiger partial charge in [-0.05, 0) is 24.3 Å². The van der Waals surface area contributed by atoms with Crippen molar-refractivity contribution in [3.05, 3.63) is 30.3 Å². The number of carbonyl (C=O) groups is 2. The summed E-state index contributed by atoms with van der Waals surface area (Å²) in [5.74, 6) is 1.11. The summed E-state index contributed by atoms with van der Waals surface area (Å²) in [6, 6.07) is 5.63. The Hall–Kier alpha value is -2.44. The van der Waals surface area contributed by atoms with Crippen molar-refractivity contribution in [2.45, 2.75) is 20.3 Å². The molecule has 0 bridgehead atoms. The van der Waals surface area contributed by atoms with Crippen LogP contribution in [0.3, 0.4) is 0 Å². The van der Waals surface area contributed by atoms with Crippen LogP contribution in [0, 0.1) is 11.8 Å². The minimum absolute atomic E-state index is 0.0299. The van der Waals surface area contributed by atoms with E-state index in [1.54, 1.807) is 21.1 Å². The minimum atomic E-state index is -0.312. The average molecular weight is 384 g/mol. The van der Waals surface area contributed by atoms with Gasteiger partial charge in [0.1, 0.15) is 14.4 Å². The summed E-state index contributed by atoms with van der Waals surface area (Å²) in [7, 11) is 7.01. The number of nitrogens with zero attached hydrogens (tertiary/aromatic N) is 3. The van der Waals surface area contributed by atoms with E-state index in [2.05, 4.69) is 36.7 Å². The van der Waals surface area contributed by atoms with Crippen LogP contribution in [0.25, 0.3) is 5.70 Å². The van der Waals surface area contributed by atoms with Crippen molar-refractivity contribution in [3.8, 4) is 0 Å². The second-order valence-corrected chi connectivity index (χ2v) is 8.42. The minimum Gasteiger partial charge on any atom is -0.371 e. The van der Waals surface area contributed by atoms with Crippen molar-refractivity contribution < 1.29 is 9.59 Å². The van der Waals surface area contributed by atoms with Crippen LogP contribution in [0.1, 0.15) is 25.8 Å². The van der Waals surface area contributed by atoms with Gasteiger partial charge in [0.2, 0.25) is 5.91 Å². The Bertz CT molecular complexity index is 740. The van der Waals surface area contributed by atoms with Gasteiger partial charge in [-0.15, -0.1) is 0 Å². The zero-order valence-electron chi connectivity index (χ0n) is 18.1. The van der Waals surface area contributed by atoms with E-state index in [0.29, 0.717) is 11.8 Å². The van der Waals surface area contributed by atoms with Gasteiger partial charge in [-0.1, -0.05) is 38.0 Å². The molecule has 3 amide bonds. The third-order valence-corrected chi connectivity index (χ3v) is 5.20. The Kier molecular flexibility index (Phi) is 7.16. The van der Waals surface area contributed by atoms with E-state index in [1.165, 1.54) is 16.2 Å². The molecule has 7 heteroatoms. The summed E-state index contributed by atoms with van der Waals surface area (Å²) in [5, 5.41) is 2.95. The molecule has 2 rings (SSSR count). The van der Waals surface area contributed by atoms with Crippen molar-refractivity contribution in [3.63, 3.8) is 0 Å². The van der Waals surface area contributed by atoms with Crippen LogP contribution >= 0.6 is 0 Å². The van der Waals surface area contributed by atoms with Gasteiger partial charge in [-0.2, -0.15) is 0 Å².